The third-order valence-corrected chi connectivity index (χ3v) is 5.72. The second kappa shape index (κ2) is 7.87. The summed E-state index contributed by atoms with van der Waals surface area (Å²) in [5.74, 6) is -2.29. The lowest BCUT2D eigenvalue weighted by atomic mass is 9.86. The van der Waals surface area contributed by atoms with E-state index >= 15 is 0 Å². The van der Waals surface area contributed by atoms with Gasteiger partial charge < -0.3 is 24.1 Å². The summed E-state index contributed by atoms with van der Waals surface area (Å²) in [6.07, 6.45) is 1.44. The highest BCUT2D eigenvalue weighted by Crippen LogP contribution is 2.37. The highest BCUT2D eigenvalue weighted by molar-refractivity contribution is 6.00. The molecule has 1 aromatic carbocycles. The zero-order chi connectivity index (χ0) is 23.2. The Hall–Kier alpha value is -3.09. The molecule has 1 N–H and O–H groups in total. The summed E-state index contributed by atoms with van der Waals surface area (Å²) < 4.78 is 11.4. The standard InChI is InChI=1S/C24H29NO6/c1-11(2)19(22(27)28)25-18(26)9-15-12(3)14-8-16-17(24(5,6)7)10-30-20(16)13(4)21(14)31-23(15)29/h8,10-11,19H,9H2,1-7H3,(H,25,26)(H,27,28)/p-1/t19-/m0/s1. The molecule has 0 aliphatic rings. The fourth-order valence-electron chi connectivity index (χ4n) is 3.86. The number of carbonyl (C=O) groups is 2. The fourth-order valence-corrected chi connectivity index (χ4v) is 3.86. The smallest absolute Gasteiger partial charge is 0.340 e. The van der Waals surface area contributed by atoms with Crippen LogP contribution in [0.1, 0.15) is 56.9 Å². The van der Waals surface area contributed by atoms with E-state index in [0.29, 0.717) is 16.7 Å². The molecular formula is C24H28NO6-. The number of carbonyl (C=O) groups excluding carboxylic acids is 2. The first-order valence-electron chi connectivity index (χ1n) is 10.3. The van der Waals surface area contributed by atoms with Crippen molar-refractivity contribution in [3.8, 4) is 0 Å². The topological polar surface area (TPSA) is 113 Å². The summed E-state index contributed by atoms with van der Waals surface area (Å²) >= 11 is 0. The molecule has 0 spiro atoms. The lowest BCUT2D eigenvalue weighted by Crippen LogP contribution is -2.51. The Morgan fingerprint density at radius 2 is 1.74 bits per heavy atom. The van der Waals surface area contributed by atoms with Crippen LogP contribution < -0.4 is 16.0 Å². The first-order valence-corrected chi connectivity index (χ1v) is 10.3. The number of aliphatic carboxylic acids is 1. The van der Waals surface area contributed by atoms with Crippen molar-refractivity contribution >= 4 is 33.8 Å². The first-order chi connectivity index (χ1) is 14.3. The maximum atomic E-state index is 12.7. The third kappa shape index (κ3) is 4.09. The molecule has 3 aromatic rings. The number of fused-ring (bicyclic) bond motifs is 2. The Morgan fingerprint density at radius 3 is 2.29 bits per heavy atom. The molecule has 0 saturated carbocycles. The van der Waals surface area contributed by atoms with Crippen molar-refractivity contribution in [2.24, 2.45) is 5.92 Å². The van der Waals surface area contributed by atoms with Gasteiger partial charge in [0.2, 0.25) is 5.91 Å². The minimum absolute atomic E-state index is 0.145. The van der Waals surface area contributed by atoms with E-state index in [1.54, 1.807) is 27.0 Å². The van der Waals surface area contributed by atoms with Crippen LogP contribution in [-0.4, -0.2) is 17.9 Å². The number of carboxylic acids is 1. The number of rotatable bonds is 5. The quantitative estimate of drug-likeness (QED) is 0.628. The van der Waals surface area contributed by atoms with Crippen LogP contribution in [0.2, 0.25) is 0 Å². The zero-order valence-corrected chi connectivity index (χ0v) is 19.0. The fraction of sp³-hybridized carbons (Fsp3) is 0.458. The van der Waals surface area contributed by atoms with Gasteiger partial charge >= 0.3 is 5.63 Å². The summed E-state index contributed by atoms with van der Waals surface area (Å²) in [5, 5.41) is 15.4. The van der Waals surface area contributed by atoms with Crippen LogP contribution in [-0.2, 0) is 21.4 Å². The molecule has 7 heteroatoms. The maximum Gasteiger partial charge on any atom is 0.340 e. The third-order valence-electron chi connectivity index (χ3n) is 5.72. The number of aryl methyl sites for hydroxylation is 2. The summed E-state index contributed by atoms with van der Waals surface area (Å²) in [4.78, 5) is 36.5. The molecule has 0 unspecified atom stereocenters. The van der Waals surface area contributed by atoms with Gasteiger partial charge in [-0.25, -0.2) is 4.79 Å². The normalized spacial score (nSPS) is 13.2. The molecule has 31 heavy (non-hydrogen) atoms. The minimum Gasteiger partial charge on any atom is -0.548 e. The van der Waals surface area contributed by atoms with Gasteiger partial charge in [0.15, 0.2) is 0 Å². The van der Waals surface area contributed by atoms with Crippen LogP contribution in [0.4, 0.5) is 0 Å². The predicted molar refractivity (Wildman–Crippen MR) is 116 cm³/mol. The Balaban J connectivity index is 2.12. The number of carboxylic acid groups (broad SMARTS) is 1. The van der Waals surface area contributed by atoms with Crippen molar-refractivity contribution in [1.29, 1.82) is 0 Å². The van der Waals surface area contributed by atoms with Crippen molar-refractivity contribution in [3.05, 3.63) is 45.0 Å². The van der Waals surface area contributed by atoms with Gasteiger partial charge in [0.25, 0.3) is 0 Å². The van der Waals surface area contributed by atoms with Gasteiger partial charge in [0, 0.05) is 21.9 Å². The lowest BCUT2D eigenvalue weighted by Gasteiger charge is -2.23. The molecule has 166 valence electrons. The second-order valence-electron chi connectivity index (χ2n) is 9.43. The molecule has 0 bridgehead atoms. The van der Waals surface area contributed by atoms with Crippen LogP contribution >= 0.6 is 0 Å². The molecule has 2 aromatic heterocycles. The lowest BCUT2D eigenvalue weighted by molar-refractivity contribution is -0.309. The molecule has 0 aliphatic heterocycles. The highest BCUT2D eigenvalue weighted by atomic mass is 16.4. The second-order valence-corrected chi connectivity index (χ2v) is 9.43. The maximum absolute atomic E-state index is 12.7. The molecule has 3 rings (SSSR count). The number of hydrogen-bond acceptors (Lipinski definition) is 6. The molecule has 7 nitrogen and oxygen atoms in total. The van der Waals surface area contributed by atoms with Crippen molar-refractivity contribution in [1.82, 2.24) is 5.32 Å². The van der Waals surface area contributed by atoms with Crippen molar-refractivity contribution in [3.63, 3.8) is 0 Å². The average molecular weight is 426 g/mol. The van der Waals surface area contributed by atoms with Crippen LogP contribution in [0.25, 0.3) is 21.9 Å². The summed E-state index contributed by atoms with van der Waals surface area (Å²) in [5.41, 5.74) is 2.89. The van der Waals surface area contributed by atoms with Gasteiger partial charge in [-0.3, -0.25) is 4.79 Å². The number of hydrogen-bond donors (Lipinski definition) is 1. The van der Waals surface area contributed by atoms with Crippen molar-refractivity contribution in [2.45, 2.75) is 66.3 Å². The van der Waals surface area contributed by atoms with Gasteiger partial charge in [-0.05, 0) is 36.8 Å². The minimum atomic E-state index is -1.36. The van der Waals surface area contributed by atoms with Gasteiger partial charge in [-0.1, -0.05) is 34.6 Å². The van der Waals surface area contributed by atoms with Crippen molar-refractivity contribution in [2.75, 3.05) is 0 Å². The first kappa shape index (κ1) is 22.6. The van der Waals surface area contributed by atoms with E-state index in [-0.39, 0.29) is 23.3 Å². The Labute approximate surface area is 180 Å². The Morgan fingerprint density at radius 1 is 1.10 bits per heavy atom. The van der Waals surface area contributed by atoms with Gasteiger partial charge in [0.05, 0.1) is 30.3 Å². The number of nitrogens with one attached hydrogen (secondary N) is 1. The largest absolute Gasteiger partial charge is 0.548 e. The van der Waals surface area contributed by atoms with Crippen LogP contribution in [0.15, 0.2) is 26.0 Å². The monoisotopic (exact) mass is 426 g/mol. The van der Waals surface area contributed by atoms with Gasteiger partial charge in [0.1, 0.15) is 11.2 Å². The molecular weight excluding hydrogens is 398 g/mol. The van der Waals surface area contributed by atoms with E-state index in [4.69, 9.17) is 8.83 Å². The Bertz CT molecular complexity index is 1240. The molecule has 2 heterocycles. The zero-order valence-electron chi connectivity index (χ0n) is 19.0. The van der Waals surface area contributed by atoms with Crippen LogP contribution in [0, 0.1) is 19.8 Å². The van der Waals surface area contributed by atoms with E-state index < -0.39 is 23.5 Å². The van der Waals surface area contributed by atoms with Crippen LogP contribution in [0.5, 0.6) is 0 Å². The van der Waals surface area contributed by atoms with Gasteiger partial charge in [-0.15, -0.1) is 0 Å². The molecule has 0 radical (unpaired) electrons. The Kier molecular flexibility index (Phi) is 5.74. The molecule has 1 atom stereocenters. The summed E-state index contributed by atoms with van der Waals surface area (Å²) in [6, 6.07) is 0.793. The SMILES string of the molecule is Cc1c(CC(=O)N[C@H](C(=O)[O-])C(C)C)c(=O)oc2c(C)c3occ(C(C)(C)C)c3cc12. The molecule has 0 aliphatic carbocycles. The predicted octanol–water partition coefficient (Wildman–Crippen LogP) is 2.89. The van der Waals surface area contributed by atoms with E-state index in [1.165, 1.54) is 0 Å². The van der Waals surface area contributed by atoms with Gasteiger partial charge in [-0.2, -0.15) is 0 Å². The average Bonchev–Trinajstić information content (AvgIpc) is 3.08. The highest BCUT2D eigenvalue weighted by Gasteiger charge is 2.25. The number of furan rings is 1. The van der Waals surface area contributed by atoms with E-state index in [0.717, 1.165) is 21.9 Å². The van der Waals surface area contributed by atoms with E-state index in [2.05, 4.69) is 26.1 Å². The van der Waals surface area contributed by atoms with Crippen LogP contribution in [0.3, 0.4) is 0 Å². The number of benzene rings is 1. The molecule has 1 amide bonds. The molecule has 0 saturated heterocycles. The van der Waals surface area contributed by atoms with E-state index in [1.807, 2.05) is 13.0 Å². The summed E-state index contributed by atoms with van der Waals surface area (Å²) in [6.45, 7) is 13.2. The summed E-state index contributed by atoms with van der Waals surface area (Å²) in [7, 11) is 0. The number of amides is 1. The molecule has 0 fully saturated rings. The van der Waals surface area contributed by atoms with Crippen molar-refractivity contribution < 1.29 is 23.5 Å². The van der Waals surface area contributed by atoms with E-state index in [9.17, 15) is 19.5 Å².